The number of aromatic nitrogens is 2. The van der Waals surface area contributed by atoms with Crippen molar-refractivity contribution in [3.8, 4) is 0 Å². The molecule has 2 heterocycles. The fraction of sp³-hybridized carbons (Fsp3) is 0.269. The molecular formula is C26H23F3N4O. The second-order valence-electron chi connectivity index (χ2n) is 8.61. The van der Waals surface area contributed by atoms with Gasteiger partial charge in [-0.2, -0.15) is 13.2 Å². The van der Waals surface area contributed by atoms with Crippen molar-refractivity contribution in [1.82, 2.24) is 15.3 Å². The van der Waals surface area contributed by atoms with Gasteiger partial charge in [0.05, 0.1) is 16.6 Å². The van der Waals surface area contributed by atoms with E-state index >= 15 is 0 Å². The van der Waals surface area contributed by atoms with Crippen LogP contribution in [-0.4, -0.2) is 28.0 Å². The number of para-hydroxylation sites is 2. The van der Waals surface area contributed by atoms with Crippen LogP contribution in [0, 0.1) is 0 Å². The van der Waals surface area contributed by atoms with E-state index in [0.29, 0.717) is 22.2 Å². The summed E-state index contributed by atoms with van der Waals surface area (Å²) < 4.78 is 40.1. The number of carbonyl (C=O) groups excluding carboxylic acids is 1. The molecule has 1 saturated carbocycles. The minimum Gasteiger partial charge on any atom is -0.382 e. The zero-order valence-corrected chi connectivity index (χ0v) is 18.3. The van der Waals surface area contributed by atoms with Crippen LogP contribution in [0.25, 0.3) is 21.8 Å². The Hall–Kier alpha value is -3.68. The molecule has 8 heteroatoms. The molecule has 1 aliphatic carbocycles. The lowest BCUT2D eigenvalue weighted by atomic mass is 9.90. The maximum absolute atomic E-state index is 13.4. The lowest BCUT2D eigenvalue weighted by molar-refractivity contribution is -0.140. The number of hydrogen-bond acceptors (Lipinski definition) is 4. The first-order chi connectivity index (χ1) is 16.4. The van der Waals surface area contributed by atoms with Crippen LogP contribution in [0.1, 0.15) is 41.7 Å². The Morgan fingerprint density at radius 3 is 2.24 bits per heavy atom. The summed E-state index contributed by atoms with van der Waals surface area (Å²) in [6.45, 7) is 0. The van der Waals surface area contributed by atoms with Crippen LogP contribution in [0.5, 0.6) is 0 Å². The number of hydrogen-bond donors (Lipinski definition) is 2. The largest absolute Gasteiger partial charge is 0.433 e. The SMILES string of the molecule is O=C(N[C@H]1CC[C@@H](Nc2cc(C(F)(F)F)nc3ccccc23)CC1)c1ccnc2ccccc12. The third kappa shape index (κ3) is 4.53. The molecular weight excluding hydrogens is 441 g/mol. The number of amides is 1. The highest BCUT2D eigenvalue weighted by Crippen LogP contribution is 2.34. The van der Waals surface area contributed by atoms with E-state index in [1.165, 1.54) is 0 Å². The predicted molar refractivity (Wildman–Crippen MR) is 126 cm³/mol. The number of nitrogens with one attached hydrogen (secondary N) is 2. The number of carbonyl (C=O) groups is 1. The van der Waals surface area contributed by atoms with Crippen LogP contribution in [0.4, 0.5) is 18.9 Å². The Kier molecular flexibility index (Phi) is 5.81. The molecule has 0 aliphatic heterocycles. The van der Waals surface area contributed by atoms with Gasteiger partial charge in [-0.25, -0.2) is 4.98 Å². The first-order valence-corrected chi connectivity index (χ1v) is 11.3. The van der Waals surface area contributed by atoms with Crippen molar-refractivity contribution in [2.45, 2.75) is 43.9 Å². The molecule has 5 nitrogen and oxygen atoms in total. The highest BCUT2D eigenvalue weighted by Gasteiger charge is 2.34. The lowest BCUT2D eigenvalue weighted by Gasteiger charge is -2.31. The molecule has 2 N–H and O–H groups in total. The molecule has 0 unspecified atom stereocenters. The van der Waals surface area contributed by atoms with Crippen molar-refractivity contribution in [2.75, 3.05) is 5.32 Å². The summed E-state index contributed by atoms with van der Waals surface area (Å²) >= 11 is 0. The summed E-state index contributed by atoms with van der Waals surface area (Å²) in [6, 6.07) is 17.2. The van der Waals surface area contributed by atoms with Crippen LogP contribution < -0.4 is 10.6 Å². The molecule has 4 aromatic rings. The highest BCUT2D eigenvalue weighted by atomic mass is 19.4. The van der Waals surface area contributed by atoms with Gasteiger partial charge in [-0.3, -0.25) is 9.78 Å². The number of nitrogens with zero attached hydrogens (tertiary/aromatic N) is 2. The van der Waals surface area contributed by atoms with E-state index in [0.717, 1.165) is 42.7 Å². The molecule has 0 spiro atoms. The molecule has 0 bridgehead atoms. The summed E-state index contributed by atoms with van der Waals surface area (Å²) in [5, 5.41) is 7.89. The second kappa shape index (κ2) is 8.93. The monoisotopic (exact) mass is 464 g/mol. The van der Waals surface area contributed by atoms with Crippen LogP contribution >= 0.6 is 0 Å². The summed E-state index contributed by atoms with van der Waals surface area (Å²) in [7, 11) is 0. The van der Waals surface area contributed by atoms with E-state index in [9.17, 15) is 18.0 Å². The highest BCUT2D eigenvalue weighted by molar-refractivity contribution is 6.06. The van der Waals surface area contributed by atoms with Gasteiger partial charge in [0.2, 0.25) is 0 Å². The fourth-order valence-electron chi connectivity index (χ4n) is 4.60. The normalized spacial score (nSPS) is 18.7. The molecule has 1 amide bonds. The Morgan fingerprint density at radius 2 is 1.50 bits per heavy atom. The summed E-state index contributed by atoms with van der Waals surface area (Å²) in [4.78, 5) is 21.0. The summed E-state index contributed by atoms with van der Waals surface area (Å²) in [6.07, 6.45) is 0.0645. The maximum Gasteiger partial charge on any atom is 0.433 e. The Morgan fingerprint density at radius 1 is 0.853 bits per heavy atom. The second-order valence-corrected chi connectivity index (χ2v) is 8.61. The quantitative estimate of drug-likeness (QED) is 0.391. The van der Waals surface area contributed by atoms with Gasteiger partial charge >= 0.3 is 6.18 Å². The third-order valence-corrected chi connectivity index (χ3v) is 6.32. The zero-order chi connectivity index (χ0) is 23.7. The molecule has 174 valence electrons. The number of pyridine rings is 2. The van der Waals surface area contributed by atoms with Crippen LogP contribution in [0.3, 0.4) is 0 Å². The molecule has 5 rings (SSSR count). The van der Waals surface area contributed by atoms with E-state index in [1.807, 2.05) is 24.3 Å². The zero-order valence-electron chi connectivity index (χ0n) is 18.3. The van der Waals surface area contributed by atoms with Gasteiger partial charge in [-0.05, 0) is 49.9 Å². The predicted octanol–water partition coefficient (Wildman–Crippen LogP) is 5.95. The van der Waals surface area contributed by atoms with Crippen LogP contribution in [0.15, 0.2) is 66.9 Å². The number of halogens is 3. The molecule has 1 fully saturated rings. The molecule has 0 saturated heterocycles. The first kappa shape index (κ1) is 22.1. The fourth-order valence-corrected chi connectivity index (χ4v) is 4.60. The first-order valence-electron chi connectivity index (χ1n) is 11.3. The minimum atomic E-state index is -4.51. The molecule has 2 aromatic carbocycles. The van der Waals surface area contributed by atoms with Crippen molar-refractivity contribution >= 4 is 33.4 Å². The molecule has 2 aromatic heterocycles. The van der Waals surface area contributed by atoms with Crippen molar-refractivity contribution in [3.63, 3.8) is 0 Å². The van der Waals surface area contributed by atoms with E-state index in [4.69, 9.17) is 0 Å². The topological polar surface area (TPSA) is 66.9 Å². The van der Waals surface area contributed by atoms with Crippen molar-refractivity contribution in [1.29, 1.82) is 0 Å². The van der Waals surface area contributed by atoms with Crippen molar-refractivity contribution in [2.24, 2.45) is 0 Å². The number of fused-ring (bicyclic) bond motifs is 2. The lowest BCUT2D eigenvalue weighted by Crippen LogP contribution is -2.40. The van der Waals surface area contributed by atoms with Gasteiger partial charge in [-0.1, -0.05) is 36.4 Å². The Balaban J connectivity index is 1.26. The Labute approximate surface area is 194 Å². The maximum atomic E-state index is 13.4. The summed E-state index contributed by atoms with van der Waals surface area (Å²) in [5.41, 5.74) is 1.21. The summed E-state index contributed by atoms with van der Waals surface area (Å²) in [5.74, 6) is -0.134. The molecule has 1 aliphatic rings. The van der Waals surface area contributed by atoms with Gasteiger partial charge in [0.15, 0.2) is 0 Å². The third-order valence-electron chi connectivity index (χ3n) is 6.32. The number of alkyl halides is 3. The standard InChI is InChI=1S/C26H23F3N4O/c27-26(28,29)24-15-23(20-6-2-4-8-22(20)33-24)31-16-9-11-17(12-10-16)32-25(34)19-13-14-30-21-7-3-1-5-18(19)21/h1-8,13-17H,9-12H2,(H,31,33)(H,32,34)/t16-,17+. The number of benzene rings is 2. The van der Waals surface area contributed by atoms with Crippen LogP contribution in [-0.2, 0) is 6.18 Å². The molecule has 0 atom stereocenters. The minimum absolute atomic E-state index is 0.0115. The van der Waals surface area contributed by atoms with Crippen molar-refractivity contribution < 1.29 is 18.0 Å². The van der Waals surface area contributed by atoms with Crippen molar-refractivity contribution in [3.05, 3.63) is 78.1 Å². The number of rotatable bonds is 4. The average Bonchev–Trinajstić information content (AvgIpc) is 2.84. The van der Waals surface area contributed by atoms with Gasteiger partial charge in [-0.15, -0.1) is 0 Å². The van der Waals surface area contributed by atoms with E-state index in [1.54, 1.807) is 36.5 Å². The van der Waals surface area contributed by atoms with E-state index in [2.05, 4.69) is 20.6 Å². The number of anilines is 1. The Bertz CT molecular complexity index is 1340. The average molecular weight is 464 g/mol. The van der Waals surface area contributed by atoms with Gasteiger partial charge in [0.25, 0.3) is 5.91 Å². The van der Waals surface area contributed by atoms with Gasteiger partial charge < -0.3 is 10.6 Å². The van der Waals surface area contributed by atoms with Crippen LogP contribution in [0.2, 0.25) is 0 Å². The van der Waals surface area contributed by atoms with E-state index in [-0.39, 0.29) is 18.0 Å². The smallest absolute Gasteiger partial charge is 0.382 e. The van der Waals surface area contributed by atoms with Gasteiger partial charge in [0, 0.05) is 34.7 Å². The van der Waals surface area contributed by atoms with E-state index < -0.39 is 11.9 Å². The molecule has 34 heavy (non-hydrogen) atoms. The molecule has 0 radical (unpaired) electrons. The van der Waals surface area contributed by atoms with Gasteiger partial charge in [0.1, 0.15) is 5.69 Å².